The smallest absolute Gasteiger partial charge is 0.337 e. The molecule has 1 amide bonds. The molecule has 0 fully saturated rings. The summed E-state index contributed by atoms with van der Waals surface area (Å²) in [5, 5.41) is 21.6. The summed E-state index contributed by atoms with van der Waals surface area (Å²) in [7, 11) is 1.89. The number of aromatic nitrogens is 5. The number of carbonyl (C=O) groups is 2. The molecule has 0 spiro atoms. The Hall–Kier alpha value is -4.05. The van der Waals surface area contributed by atoms with Crippen molar-refractivity contribution < 1.29 is 14.7 Å². The number of anilines is 1. The molecular formula is C21H16N6O3S. The quantitative estimate of drug-likeness (QED) is 0.448. The summed E-state index contributed by atoms with van der Waals surface area (Å²) >= 11 is 1.45. The number of hydrogen-bond acceptors (Lipinski definition) is 6. The highest BCUT2D eigenvalue weighted by Gasteiger charge is 2.19. The third-order valence-corrected chi connectivity index (χ3v) is 6.23. The maximum Gasteiger partial charge on any atom is 0.337 e. The molecule has 0 aliphatic heterocycles. The fourth-order valence-electron chi connectivity index (χ4n) is 3.43. The predicted octanol–water partition coefficient (Wildman–Crippen LogP) is 3.60. The van der Waals surface area contributed by atoms with Crippen molar-refractivity contribution in [1.82, 2.24) is 24.4 Å². The number of nitrogens with zero attached hydrogens (tertiary/aromatic N) is 5. The number of hydrogen-bond donors (Lipinski definition) is 2. The fourth-order valence-corrected chi connectivity index (χ4v) is 4.52. The molecule has 10 heteroatoms. The van der Waals surface area contributed by atoms with Crippen molar-refractivity contribution in [2.24, 2.45) is 7.05 Å². The van der Waals surface area contributed by atoms with E-state index in [9.17, 15) is 14.7 Å². The first-order valence-corrected chi connectivity index (χ1v) is 10.1. The normalized spacial score (nSPS) is 11.3. The molecule has 1 aromatic carbocycles. The summed E-state index contributed by atoms with van der Waals surface area (Å²) in [5.41, 5.74) is 3.31. The fraction of sp³-hybridized carbons (Fsp3) is 0.0952. The zero-order valence-corrected chi connectivity index (χ0v) is 17.3. The van der Waals surface area contributed by atoms with Gasteiger partial charge in [0.15, 0.2) is 0 Å². The van der Waals surface area contributed by atoms with Crippen LogP contribution in [0.4, 0.5) is 5.69 Å². The number of carboxylic acids is 1. The summed E-state index contributed by atoms with van der Waals surface area (Å²) in [6, 6.07) is 7.39. The Bertz CT molecular complexity index is 1500. The van der Waals surface area contributed by atoms with Gasteiger partial charge in [-0.1, -0.05) is 12.1 Å². The lowest BCUT2D eigenvalue weighted by Gasteiger charge is -2.07. The number of carboxylic acid groups (broad SMARTS) is 1. The number of aryl methyl sites for hydroxylation is 2. The van der Waals surface area contributed by atoms with Gasteiger partial charge in [-0.2, -0.15) is 10.2 Å². The summed E-state index contributed by atoms with van der Waals surface area (Å²) in [6.07, 6.45) is 6.47. The van der Waals surface area contributed by atoms with Crippen LogP contribution < -0.4 is 5.32 Å². The minimum Gasteiger partial charge on any atom is -0.478 e. The molecule has 5 aromatic rings. The van der Waals surface area contributed by atoms with Gasteiger partial charge < -0.3 is 10.4 Å². The molecule has 31 heavy (non-hydrogen) atoms. The molecule has 0 aliphatic carbocycles. The highest BCUT2D eigenvalue weighted by molar-refractivity contribution is 7.21. The Morgan fingerprint density at radius 1 is 1.16 bits per heavy atom. The van der Waals surface area contributed by atoms with E-state index in [-0.39, 0.29) is 11.5 Å². The van der Waals surface area contributed by atoms with Crippen LogP contribution >= 0.6 is 11.3 Å². The highest BCUT2D eigenvalue weighted by atomic mass is 32.1. The third kappa shape index (κ3) is 3.13. The summed E-state index contributed by atoms with van der Waals surface area (Å²) in [4.78, 5) is 29.9. The van der Waals surface area contributed by atoms with Crippen molar-refractivity contribution in [2.45, 2.75) is 6.92 Å². The second-order valence-corrected chi connectivity index (χ2v) is 8.06. The lowest BCUT2D eigenvalue weighted by atomic mass is 10.1. The van der Waals surface area contributed by atoms with E-state index in [4.69, 9.17) is 0 Å². The van der Waals surface area contributed by atoms with E-state index in [0.29, 0.717) is 21.8 Å². The van der Waals surface area contributed by atoms with E-state index < -0.39 is 5.97 Å². The van der Waals surface area contributed by atoms with Crippen LogP contribution in [0.15, 0.2) is 49.1 Å². The predicted molar refractivity (Wildman–Crippen MR) is 117 cm³/mol. The maximum absolute atomic E-state index is 12.9. The van der Waals surface area contributed by atoms with Gasteiger partial charge in [0, 0.05) is 30.4 Å². The van der Waals surface area contributed by atoms with Crippen molar-refractivity contribution in [2.75, 3.05) is 5.32 Å². The molecule has 4 aromatic heterocycles. The van der Waals surface area contributed by atoms with Gasteiger partial charge in [-0.05, 0) is 19.1 Å². The van der Waals surface area contributed by atoms with Gasteiger partial charge >= 0.3 is 5.97 Å². The maximum atomic E-state index is 12.9. The molecule has 0 saturated carbocycles. The second-order valence-electron chi connectivity index (χ2n) is 7.03. The number of fused-ring (bicyclic) bond motifs is 2. The van der Waals surface area contributed by atoms with Crippen molar-refractivity contribution in [3.8, 4) is 10.4 Å². The second kappa shape index (κ2) is 7.03. The summed E-state index contributed by atoms with van der Waals surface area (Å²) in [6.45, 7) is 1.70. The summed E-state index contributed by atoms with van der Waals surface area (Å²) < 4.78 is 3.49. The van der Waals surface area contributed by atoms with Gasteiger partial charge in [0.2, 0.25) is 0 Å². The van der Waals surface area contributed by atoms with E-state index in [1.54, 1.807) is 11.4 Å². The van der Waals surface area contributed by atoms with E-state index in [0.717, 1.165) is 21.3 Å². The molecule has 0 atom stereocenters. The van der Waals surface area contributed by atoms with Gasteiger partial charge in [0.1, 0.15) is 4.83 Å². The number of benzene rings is 1. The third-order valence-electron chi connectivity index (χ3n) is 5.08. The van der Waals surface area contributed by atoms with Crippen molar-refractivity contribution in [3.05, 3.63) is 65.9 Å². The molecule has 154 valence electrons. The van der Waals surface area contributed by atoms with Gasteiger partial charge in [-0.15, -0.1) is 11.3 Å². The zero-order valence-electron chi connectivity index (χ0n) is 16.5. The van der Waals surface area contributed by atoms with Crippen LogP contribution in [0.25, 0.3) is 26.2 Å². The summed E-state index contributed by atoms with van der Waals surface area (Å²) in [5.74, 6) is -1.49. The Balaban J connectivity index is 1.52. The number of nitrogens with one attached hydrogen (secondary N) is 1. The molecule has 0 bridgehead atoms. The van der Waals surface area contributed by atoms with E-state index in [1.807, 2.05) is 42.3 Å². The van der Waals surface area contributed by atoms with Crippen LogP contribution in [0.1, 0.15) is 26.4 Å². The van der Waals surface area contributed by atoms with Crippen molar-refractivity contribution in [3.63, 3.8) is 0 Å². The zero-order chi connectivity index (χ0) is 21.7. The first-order valence-electron chi connectivity index (χ1n) is 9.32. The topological polar surface area (TPSA) is 114 Å². The van der Waals surface area contributed by atoms with Crippen LogP contribution in [0, 0.1) is 6.92 Å². The van der Waals surface area contributed by atoms with Gasteiger partial charge in [-0.3, -0.25) is 14.5 Å². The van der Waals surface area contributed by atoms with Crippen LogP contribution in [-0.4, -0.2) is 41.4 Å². The lowest BCUT2D eigenvalue weighted by Crippen LogP contribution is -2.13. The molecule has 0 saturated heterocycles. The van der Waals surface area contributed by atoms with E-state index in [1.165, 1.54) is 29.8 Å². The molecule has 5 rings (SSSR count). The number of pyridine rings is 1. The number of thiazole rings is 1. The van der Waals surface area contributed by atoms with Crippen LogP contribution in [0.3, 0.4) is 0 Å². The monoisotopic (exact) mass is 432 g/mol. The molecule has 0 unspecified atom stereocenters. The molecule has 2 N–H and O–H groups in total. The average molecular weight is 432 g/mol. The average Bonchev–Trinajstić information content (AvgIpc) is 3.43. The van der Waals surface area contributed by atoms with Crippen LogP contribution in [0.5, 0.6) is 0 Å². The van der Waals surface area contributed by atoms with Crippen LogP contribution in [0.2, 0.25) is 0 Å². The number of rotatable bonds is 4. The minimum absolute atomic E-state index is 0.00373. The molecule has 0 aliphatic rings. The van der Waals surface area contributed by atoms with Gasteiger partial charge in [-0.25, -0.2) is 9.31 Å². The molecule has 9 nitrogen and oxygen atoms in total. The van der Waals surface area contributed by atoms with E-state index in [2.05, 4.69) is 20.5 Å². The Morgan fingerprint density at radius 3 is 2.81 bits per heavy atom. The standard InChI is InChI=1S/C21H16N6O3S/c1-11-16(6-12(7-22-11)21(29)30)25-19(28)15-9-24-27-10-18(31-20(15)27)13-4-3-5-17-14(13)8-23-26(17)2/h3-10H,1-2H3,(H,25,28)(H,29,30). The van der Waals surface area contributed by atoms with Gasteiger partial charge in [0.05, 0.1) is 45.3 Å². The highest BCUT2D eigenvalue weighted by Crippen LogP contribution is 2.35. The largest absolute Gasteiger partial charge is 0.478 e. The number of amides is 1. The SMILES string of the molecule is Cc1ncc(C(=O)O)cc1NC(=O)c1cnn2cc(-c3cccc4c3cnn4C)sc12. The van der Waals surface area contributed by atoms with Gasteiger partial charge in [0.25, 0.3) is 5.91 Å². The molecule has 0 radical (unpaired) electrons. The first-order chi connectivity index (χ1) is 14.9. The Labute approximate surface area is 179 Å². The Kier molecular flexibility index (Phi) is 4.29. The molecular weight excluding hydrogens is 416 g/mol. The molecule has 4 heterocycles. The number of carbonyl (C=O) groups excluding carboxylic acids is 1. The lowest BCUT2D eigenvalue weighted by molar-refractivity contribution is 0.0696. The first kappa shape index (κ1) is 18.9. The van der Waals surface area contributed by atoms with E-state index >= 15 is 0 Å². The number of aromatic carboxylic acids is 1. The van der Waals surface area contributed by atoms with Crippen molar-refractivity contribution >= 4 is 44.6 Å². The van der Waals surface area contributed by atoms with Crippen molar-refractivity contribution in [1.29, 1.82) is 0 Å². The minimum atomic E-state index is -1.11. The Morgan fingerprint density at radius 2 is 2.00 bits per heavy atom. The van der Waals surface area contributed by atoms with Crippen LogP contribution in [-0.2, 0) is 7.05 Å².